The Morgan fingerprint density at radius 2 is 2.16 bits per heavy atom. The van der Waals surface area contributed by atoms with Gasteiger partial charge in [-0.15, -0.1) is 0 Å². The van der Waals surface area contributed by atoms with Crippen LogP contribution >= 0.6 is 0 Å². The van der Waals surface area contributed by atoms with E-state index in [0.29, 0.717) is 17.2 Å². The minimum absolute atomic E-state index is 0.0648. The average molecular weight is 266 g/mol. The number of rotatable bonds is 3. The number of hydrogen-bond acceptors (Lipinski definition) is 6. The van der Waals surface area contributed by atoms with Crippen LogP contribution in [0.1, 0.15) is 13.8 Å². The monoisotopic (exact) mass is 266 g/mol. The molecule has 0 saturated carbocycles. The highest BCUT2D eigenvalue weighted by atomic mass is 16.6. The van der Waals surface area contributed by atoms with Crippen LogP contribution in [0.2, 0.25) is 0 Å². The maximum atomic E-state index is 11.5. The highest BCUT2D eigenvalue weighted by Crippen LogP contribution is 2.35. The predicted octanol–water partition coefficient (Wildman–Crippen LogP) is 1.31. The van der Waals surface area contributed by atoms with Gasteiger partial charge in [0.25, 0.3) is 0 Å². The minimum atomic E-state index is -0.771. The second-order valence-electron chi connectivity index (χ2n) is 3.87. The number of fused-ring (bicyclic) bond motifs is 1. The zero-order valence-electron chi connectivity index (χ0n) is 10.7. The van der Waals surface area contributed by atoms with E-state index in [9.17, 15) is 9.59 Å². The molecule has 0 aromatic heterocycles. The second-order valence-corrected chi connectivity index (χ2v) is 3.87. The van der Waals surface area contributed by atoms with E-state index in [2.05, 4.69) is 0 Å². The third-order valence-electron chi connectivity index (χ3n) is 2.39. The molecule has 0 N–H and O–H groups in total. The summed E-state index contributed by atoms with van der Waals surface area (Å²) in [5, 5.41) is 0. The first-order valence-electron chi connectivity index (χ1n) is 5.88. The molecule has 1 atom stereocenters. The molecule has 1 aromatic rings. The molecule has 0 spiro atoms. The van der Waals surface area contributed by atoms with Gasteiger partial charge in [-0.05, 0) is 19.1 Å². The van der Waals surface area contributed by atoms with Crippen LogP contribution < -0.4 is 14.2 Å². The molecule has 1 unspecified atom stereocenters. The van der Waals surface area contributed by atoms with Gasteiger partial charge in [-0.1, -0.05) is 0 Å². The quantitative estimate of drug-likeness (QED) is 0.607. The smallest absolute Gasteiger partial charge is 0.350 e. The number of carbonyl (C=O) groups excluding carboxylic acids is 2. The van der Waals surface area contributed by atoms with Crippen molar-refractivity contribution in [3.8, 4) is 17.2 Å². The molecule has 19 heavy (non-hydrogen) atoms. The summed E-state index contributed by atoms with van der Waals surface area (Å²) in [4.78, 5) is 22.4. The molecule has 0 aliphatic carbocycles. The Morgan fingerprint density at radius 3 is 2.84 bits per heavy atom. The normalized spacial score (nSPS) is 16.6. The van der Waals surface area contributed by atoms with Crippen molar-refractivity contribution in [3.63, 3.8) is 0 Å². The zero-order chi connectivity index (χ0) is 13.8. The van der Waals surface area contributed by atoms with Crippen LogP contribution in [0.25, 0.3) is 0 Å². The summed E-state index contributed by atoms with van der Waals surface area (Å²) >= 11 is 0. The molecule has 1 aromatic carbocycles. The van der Waals surface area contributed by atoms with Gasteiger partial charge in [-0.2, -0.15) is 0 Å². The van der Waals surface area contributed by atoms with Crippen molar-refractivity contribution in [2.75, 3.05) is 13.2 Å². The lowest BCUT2D eigenvalue weighted by atomic mass is 10.2. The molecule has 0 radical (unpaired) electrons. The number of carbonyl (C=O) groups is 2. The Kier molecular flexibility index (Phi) is 3.89. The van der Waals surface area contributed by atoms with Crippen molar-refractivity contribution in [1.82, 2.24) is 0 Å². The van der Waals surface area contributed by atoms with Gasteiger partial charge >= 0.3 is 11.9 Å². The molecule has 6 nitrogen and oxygen atoms in total. The van der Waals surface area contributed by atoms with E-state index >= 15 is 0 Å². The molecular formula is C13H14O6. The summed E-state index contributed by atoms with van der Waals surface area (Å²) in [5.74, 6) is 0.335. The highest BCUT2D eigenvalue weighted by Gasteiger charge is 2.28. The Hall–Kier alpha value is -2.24. The lowest BCUT2D eigenvalue weighted by molar-refractivity contribution is -0.153. The van der Waals surface area contributed by atoms with Crippen LogP contribution in [-0.2, 0) is 14.3 Å². The fraction of sp³-hybridized carbons (Fsp3) is 0.385. The SMILES string of the molecule is CCOC(=O)C1COc2cc(OC(C)=O)ccc2O1. The third-order valence-corrected chi connectivity index (χ3v) is 2.39. The molecule has 0 saturated heterocycles. The largest absolute Gasteiger partial charge is 0.485 e. The molecule has 0 fully saturated rings. The van der Waals surface area contributed by atoms with E-state index in [-0.39, 0.29) is 13.2 Å². The summed E-state index contributed by atoms with van der Waals surface area (Å²) in [6.07, 6.45) is -0.771. The number of hydrogen-bond donors (Lipinski definition) is 0. The first-order valence-corrected chi connectivity index (χ1v) is 5.88. The lowest BCUT2D eigenvalue weighted by Crippen LogP contribution is -2.37. The van der Waals surface area contributed by atoms with Gasteiger partial charge in [0.1, 0.15) is 12.4 Å². The number of esters is 2. The van der Waals surface area contributed by atoms with E-state index in [0.717, 1.165) is 0 Å². The standard InChI is InChI=1S/C13H14O6/c1-3-16-13(15)12-7-17-11-6-9(18-8(2)14)4-5-10(11)19-12/h4-6,12H,3,7H2,1-2H3. The van der Waals surface area contributed by atoms with Crippen LogP contribution in [0.3, 0.4) is 0 Å². The Bertz CT molecular complexity index is 496. The minimum Gasteiger partial charge on any atom is -0.485 e. The summed E-state index contributed by atoms with van der Waals surface area (Å²) in [7, 11) is 0. The summed E-state index contributed by atoms with van der Waals surface area (Å²) in [5.41, 5.74) is 0. The third kappa shape index (κ3) is 3.15. The van der Waals surface area contributed by atoms with Gasteiger partial charge in [0, 0.05) is 13.0 Å². The van der Waals surface area contributed by atoms with Gasteiger partial charge in [0.05, 0.1) is 6.61 Å². The molecule has 0 bridgehead atoms. The van der Waals surface area contributed by atoms with Crippen molar-refractivity contribution in [2.24, 2.45) is 0 Å². The van der Waals surface area contributed by atoms with Gasteiger partial charge in [-0.3, -0.25) is 4.79 Å². The molecule has 2 rings (SSSR count). The van der Waals surface area contributed by atoms with E-state index < -0.39 is 18.0 Å². The van der Waals surface area contributed by atoms with Crippen molar-refractivity contribution < 1.29 is 28.5 Å². The van der Waals surface area contributed by atoms with Crippen molar-refractivity contribution in [1.29, 1.82) is 0 Å². The predicted molar refractivity (Wildman–Crippen MR) is 64.3 cm³/mol. The van der Waals surface area contributed by atoms with Crippen LogP contribution in [0.4, 0.5) is 0 Å². The van der Waals surface area contributed by atoms with E-state index in [4.69, 9.17) is 18.9 Å². The van der Waals surface area contributed by atoms with E-state index in [1.54, 1.807) is 19.1 Å². The molecular weight excluding hydrogens is 252 g/mol. The average Bonchev–Trinajstić information content (AvgIpc) is 2.37. The molecule has 102 valence electrons. The fourth-order valence-corrected chi connectivity index (χ4v) is 1.63. The molecule has 1 aliphatic rings. The summed E-state index contributed by atoms with van der Waals surface area (Å²) < 4.78 is 20.7. The summed E-state index contributed by atoms with van der Waals surface area (Å²) in [6.45, 7) is 3.39. The number of ether oxygens (including phenoxy) is 4. The first-order chi connectivity index (χ1) is 9.10. The van der Waals surface area contributed by atoms with E-state index in [1.807, 2.05) is 0 Å². The van der Waals surface area contributed by atoms with Gasteiger partial charge in [0.2, 0.25) is 6.10 Å². The van der Waals surface area contributed by atoms with Crippen molar-refractivity contribution >= 4 is 11.9 Å². The van der Waals surface area contributed by atoms with Gasteiger partial charge in [-0.25, -0.2) is 4.79 Å². The lowest BCUT2D eigenvalue weighted by Gasteiger charge is -2.25. The Labute approximate surface area is 110 Å². The zero-order valence-corrected chi connectivity index (χ0v) is 10.7. The topological polar surface area (TPSA) is 71.1 Å². The Balaban J connectivity index is 2.10. The second kappa shape index (κ2) is 5.60. The van der Waals surface area contributed by atoms with E-state index in [1.165, 1.54) is 13.0 Å². The van der Waals surface area contributed by atoms with Gasteiger partial charge < -0.3 is 18.9 Å². The van der Waals surface area contributed by atoms with Crippen LogP contribution in [0, 0.1) is 0 Å². The molecule has 1 heterocycles. The number of benzene rings is 1. The van der Waals surface area contributed by atoms with Crippen LogP contribution in [0.5, 0.6) is 17.2 Å². The van der Waals surface area contributed by atoms with Crippen molar-refractivity contribution in [3.05, 3.63) is 18.2 Å². The fourth-order valence-electron chi connectivity index (χ4n) is 1.63. The van der Waals surface area contributed by atoms with Crippen molar-refractivity contribution in [2.45, 2.75) is 20.0 Å². The molecule has 1 aliphatic heterocycles. The molecule has 6 heteroatoms. The van der Waals surface area contributed by atoms with Crippen LogP contribution in [-0.4, -0.2) is 31.3 Å². The first kappa shape index (κ1) is 13.2. The maximum absolute atomic E-state index is 11.5. The maximum Gasteiger partial charge on any atom is 0.350 e. The van der Waals surface area contributed by atoms with Gasteiger partial charge in [0.15, 0.2) is 11.5 Å². The molecule has 0 amide bonds. The highest BCUT2D eigenvalue weighted by molar-refractivity contribution is 5.76. The van der Waals surface area contributed by atoms with Crippen LogP contribution in [0.15, 0.2) is 18.2 Å². The Morgan fingerprint density at radius 1 is 1.37 bits per heavy atom. The summed E-state index contributed by atoms with van der Waals surface area (Å²) in [6, 6.07) is 4.69.